The molecule has 0 bridgehead atoms. The van der Waals surface area contributed by atoms with Crippen LogP contribution in [-0.4, -0.2) is 12.2 Å². The van der Waals surface area contributed by atoms with Crippen molar-refractivity contribution in [2.45, 2.75) is 19.5 Å². The fraction of sp³-hybridized carbons (Fsp3) is 0.286. The molecule has 0 fully saturated rings. The normalized spacial score (nSPS) is 12.4. The molecule has 0 saturated heterocycles. The monoisotopic (exact) mass is 297 g/mol. The van der Waals surface area contributed by atoms with E-state index in [-0.39, 0.29) is 11.8 Å². The summed E-state index contributed by atoms with van der Waals surface area (Å²) in [6, 6.07) is 9.55. The Hall–Kier alpha value is -1.23. The van der Waals surface area contributed by atoms with Crippen LogP contribution in [0.4, 0.5) is 0 Å². The van der Waals surface area contributed by atoms with Crippen molar-refractivity contribution < 1.29 is 9.84 Å². The second-order valence-electron chi connectivity index (χ2n) is 4.25. The smallest absolute Gasteiger partial charge is 0.160 e. The van der Waals surface area contributed by atoms with Crippen LogP contribution in [0.1, 0.15) is 23.4 Å². The molecule has 0 spiro atoms. The Kier molecular flexibility index (Phi) is 4.69. The van der Waals surface area contributed by atoms with E-state index < -0.39 is 0 Å². The van der Waals surface area contributed by atoms with Crippen LogP contribution in [0, 0.1) is 0 Å². The van der Waals surface area contributed by atoms with Gasteiger partial charge >= 0.3 is 0 Å². The Morgan fingerprint density at radius 1 is 1.37 bits per heavy atom. The first-order chi connectivity index (χ1) is 9.10. The molecular formula is C14H16ClNO2S. The second-order valence-corrected chi connectivity index (χ2v) is 6.00. The molecule has 0 aliphatic rings. The van der Waals surface area contributed by atoms with Crippen LogP contribution in [-0.2, 0) is 6.54 Å². The number of thiophene rings is 1. The minimum absolute atomic E-state index is 0.161. The van der Waals surface area contributed by atoms with Gasteiger partial charge in [0, 0.05) is 17.5 Å². The maximum absolute atomic E-state index is 9.71. The van der Waals surface area contributed by atoms with E-state index >= 15 is 0 Å². The lowest BCUT2D eigenvalue weighted by atomic mass is 10.2. The van der Waals surface area contributed by atoms with Crippen molar-refractivity contribution in [3.05, 3.63) is 45.1 Å². The Morgan fingerprint density at radius 3 is 2.74 bits per heavy atom. The van der Waals surface area contributed by atoms with Crippen LogP contribution < -0.4 is 10.1 Å². The molecule has 2 N–H and O–H groups in total. The van der Waals surface area contributed by atoms with Gasteiger partial charge in [0.15, 0.2) is 11.5 Å². The summed E-state index contributed by atoms with van der Waals surface area (Å²) in [7, 11) is 1.54. The average Bonchev–Trinajstić information content (AvgIpc) is 2.83. The number of nitrogens with one attached hydrogen (secondary N) is 1. The molecule has 1 aromatic heterocycles. The van der Waals surface area contributed by atoms with Crippen LogP contribution in [0.2, 0.25) is 4.34 Å². The molecule has 5 heteroatoms. The zero-order valence-corrected chi connectivity index (χ0v) is 12.4. The van der Waals surface area contributed by atoms with Crippen molar-refractivity contribution in [1.82, 2.24) is 5.32 Å². The number of benzene rings is 1. The number of phenolic OH excluding ortho intramolecular Hbond substituents is 1. The summed E-state index contributed by atoms with van der Waals surface area (Å²) < 4.78 is 5.81. The first-order valence-corrected chi connectivity index (χ1v) is 7.14. The summed E-state index contributed by atoms with van der Waals surface area (Å²) in [5.41, 5.74) is 1.01. The van der Waals surface area contributed by atoms with Gasteiger partial charge in [0.1, 0.15) is 0 Å². The number of aromatic hydroxyl groups is 1. The molecule has 0 aliphatic carbocycles. The van der Waals surface area contributed by atoms with Crippen LogP contribution in [0.3, 0.4) is 0 Å². The SMILES string of the molecule is COc1ccc(CNC(C)c2ccc(Cl)s2)cc1O. The summed E-state index contributed by atoms with van der Waals surface area (Å²) in [6.07, 6.45) is 0. The number of ether oxygens (including phenoxy) is 1. The van der Waals surface area contributed by atoms with Crippen LogP contribution in [0.15, 0.2) is 30.3 Å². The molecule has 0 aliphatic heterocycles. The zero-order chi connectivity index (χ0) is 13.8. The highest BCUT2D eigenvalue weighted by Gasteiger charge is 2.08. The van der Waals surface area contributed by atoms with Crippen molar-refractivity contribution in [2.24, 2.45) is 0 Å². The molecule has 0 saturated carbocycles. The number of hydrogen-bond acceptors (Lipinski definition) is 4. The largest absolute Gasteiger partial charge is 0.504 e. The molecule has 1 heterocycles. The molecule has 2 rings (SSSR count). The fourth-order valence-corrected chi connectivity index (χ4v) is 2.87. The van der Waals surface area contributed by atoms with Gasteiger partial charge in [0.05, 0.1) is 11.4 Å². The van der Waals surface area contributed by atoms with E-state index in [0.29, 0.717) is 12.3 Å². The summed E-state index contributed by atoms with van der Waals surface area (Å²) in [4.78, 5) is 1.20. The Morgan fingerprint density at radius 2 is 2.16 bits per heavy atom. The quantitative estimate of drug-likeness (QED) is 0.877. The van der Waals surface area contributed by atoms with Crippen molar-refractivity contribution in [3.8, 4) is 11.5 Å². The minimum atomic E-state index is 0.161. The second kappa shape index (κ2) is 6.28. The van der Waals surface area contributed by atoms with E-state index in [1.807, 2.05) is 18.2 Å². The first-order valence-electron chi connectivity index (χ1n) is 5.94. The molecule has 19 heavy (non-hydrogen) atoms. The maximum atomic E-state index is 9.71. The number of phenols is 1. The van der Waals surface area contributed by atoms with Gasteiger partial charge < -0.3 is 15.2 Å². The van der Waals surface area contributed by atoms with Crippen LogP contribution in [0.5, 0.6) is 11.5 Å². The third-order valence-electron chi connectivity index (χ3n) is 2.88. The molecule has 1 aromatic carbocycles. The molecule has 2 aromatic rings. The summed E-state index contributed by atoms with van der Waals surface area (Å²) >= 11 is 7.49. The topological polar surface area (TPSA) is 41.5 Å². The molecule has 3 nitrogen and oxygen atoms in total. The van der Waals surface area contributed by atoms with Crippen LogP contribution >= 0.6 is 22.9 Å². The standard InChI is InChI=1S/C14H16ClNO2S/c1-9(13-5-6-14(15)19-13)16-8-10-3-4-12(18-2)11(17)7-10/h3-7,9,16-17H,8H2,1-2H3. The third-order valence-corrected chi connectivity index (χ3v) is 4.29. The Balaban J connectivity index is 1.97. The van der Waals surface area contributed by atoms with E-state index in [2.05, 4.69) is 12.2 Å². The predicted octanol–water partition coefficient (Wildman–Crippen LogP) is 3.97. The van der Waals surface area contributed by atoms with Gasteiger partial charge in [-0.15, -0.1) is 11.3 Å². The average molecular weight is 298 g/mol. The van der Waals surface area contributed by atoms with E-state index in [0.717, 1.165) is 9.90 Å². The summed E-state index contributed by atoms with van der Waals surface area (Å²) in [6.45, 7) is 2.76. The highest BCUT2D eigenvalue weighted by atomic mass is 35.5. The molecule has 102 valence electrons. The molecule has 0 amide bonds. The minimum Gasteiger partial charge on any atom is -0.504 e. The van der Waals surface area contributed by atoms with Crippen molar-refractivity contribution in [2.75, 3.05) is 7.11 Å². The fourth-order valence-electron chi connectivity index (χ4n) is 1.78. The van der Waals surface area contributed by atoms with Gasteiger partial charge in [-0.25, -0.2) is 0 Å². The van der Waals surface area contributed by atoms with Gasteiger partial charge in [-0.3, -0.25) is 0 Å². The van der Waals surface area contributed by atoms with E-state index in [1.165, 1.54) is 12.0 Å². The van der Waals surface area contributed by atoms with Gasteiger partial charge in [0.2, 0.25) is 0 Å². The van der Waals surface area contributed by atoms with Crippen molar-refractivity contribution in [1.29, 1.82) is 0 Å². The van der Waals surface area contributed by atoms with E-state index in [4.69, 9.17) is 16.3 Å². The predicted molar refractivity (Wildman–Crippen MR) is 79.2 cm³/mol. The third kappa shape index (κ3) is 3.62. The zero-order valence-electron chi connectivity index (χ0n) is 10.8. The van der Waals surface area contributed by atoms with Gasteiger partial charge in [-0.05, 0) is 36.8 Å². The number of halogens is 1. The lowest BCUT2D eigenvalue weighted by Gasteiger charge is -2.13. The van der Waals surface area contributed by atoms with E-state index in [1.54, 1.807) is 23.5 Å². The molecule has 1 unspecified atom stereocenters. The number of hydrogen-bond donors (Lipinski definition) is 2. The molecule has 0 radical (unpaired) electrons. The first kappa shape index (κ1) is 14.2. The lowest BCUT2D eigenvalue weighted by molar-refractivity contribution is 0.373. The van der Waals surface area contributed by atoms with Gasteiger partial charge in [-0.1, -0.05) is 17.7 Å². The van der Waals surface area contributed by atoms with Gasteiger partial charge in [0.25, 0.3) is 0 Å². The number of methoxy groups -OCH3 is 1. The molecule has 1 atom stereocenters. The van der Waals surface area contributed by atoms with Crippen molar-refractivity contribution in [3.63, 3.8) is 0 Å². The summed E-state index contributed by atoms with van der Waals surface area (Å²) in [5, 5.41) is 13.1. The Labute approximate surface area is 121 Å². The highest BCUT2D eigenvalue weighted by molar-refractivity contribution is 7.16. The highest BCUT2D eigenvalue weighted by Crippen LogP contribution is 2.28. The number of rotatable bonds is 5. The van der Waals surface area contributed by atoms with Gasteiger partial charge in [-0.2, -0.15) is 0 Å². The van der Waals surface area contributed by atoms with E-state index in [9.17, 15) is 5.11 Å². The van der Waals surface area contributed by atoms with Crippen LogP contribution in [0.25, 0.3) is 0 Å². The summed E-state index contributed by atoms with van der Waals surface area (Å²) in [5.74, 6) is 0.649. The van der Waals surface area contributed by atoms with Crippen molar-refractivity contribution >= 4 is 22.9 Å². The maximum Gasteiger partial charge on any atom is 0.160 e. The Bertz CT molecular complexity index is 556. The lowest BCUT2D eigenvalue weighted by Crippen LogP contribution is -2.17. The molecular weight excluding hydrogens is 282 g/mol.